The number of carboxylic acids is 1. The number of urea groups is 1. The predicted molar refractivity (Wildman–Crippen MR) is 73.4 cm³/mol. The average molecular weight is 348 g/mol. The molecule has 0 saturated carbocycles. The van der Waals surface area contributed by atoms with Gasteiger partial charge in [0.1, 0.15) is 0 Å². The van der Waals surface area contributed by atoms with Crippen LogP contribution in [0.4, 0.5) is 4.79 Å². The molecule has 1 aromatic carbocycles. The number of nitrogens with zero attached hydrogens (tertiary/aromatic N) is 1. The molecule has 2 N–H and O–H groups in total. The summed E-state index contributed by atoms with van der Waals surface area (Å²) in [7, 11) is 1.57. The minimum absolute atomic E-state index is 0. The summed E-state index contributed by atoms with van der Waals surface area (Å²) < 4.78 is 0. The number of carbonyl (C=O) groups excluding carboxylic acids is 1. The molecule has 0 bridgehead atoms. The number of carboxylic acid groups (broad SMARTS) is 1. The normalized spacial score (nSPS) is 10.4. The molecule has 5 nitrogen and oxygen atoms in total. The molecule has 103 valence electrons. The van der Waals surface area contributed by atoms with Crippen LogP contribution in [-0.2, 0) is 44.0 Å². The van der Waals surface area contributed by atoms with Crippen LogP contribution in [0.25, 0.3) is 11.8 Å². The van der Waals surface area contributed by atoms with E-state index in [9.17, 15) is 9.59 Å². The molecule has 1 rings (SSSR count). The Balaban J connectivity index is 0.00000361. The van der Waals surface area contributed by atoms with E-state index >= 15 is 0 Å². The number of carbonyl (C=O) groups is 2. The van der Waals surface area contributed by atoms with Gasteiger partial charge in [-0.2, -0.15) is 0 Å². The van der Waals surface area contributed by atoms with Gasteiger partial charge in [-0.1, -0.05) is 49.5 Å². The fourth-order valence-corrected chi connectivity index (χ4v) is 1.38. The maximum absolute atomic E-state index is 10.8. The summed E-state index contributed by atoms with van der Waals surface area (Å²) >= 11 is 0. The maximum Gasteiger partial charge on any atom is 0.328 e. The smallest absolute Gasteiger partial charge is 0.328 e. The zero-order valence-corrected chi connectivity index (χ0v) is 14.0. The molecule has 0 aliphatic heterocycles. The summed E-state index contributed by atoms with van der Waals surface area (Å²) in [4.78, 5) is 22.3. The quantitative estimate of drug-likeness (QED) is 0.656. The molecule has 0 heterocycles. The van der Waals surface area contributed by atoms with E-state index in [0.717, 1.165) is 17.2 Å². The van der Waals surface area contributed by atoms with E-state index in [2.05, 4.69) is 0 Å². The summed E-state index contributed by atoms with van der Waals surface area (Å²) in [6.07, 6.45) is 5.92. The van der Waals surface area contributed by atoms with E-state index in [1.54, 1.807) is 19.2 Å². The predicted octanol–water partition coefficient (Wildman–Crippen LogP) is 2.94. The SMILES string of the molecule is CN(Cc1ccc(/C=C/C=C/C(=O)O)cc1)C([NH-])=O.[Y]. The largest absolute Gasteiger partial charge is 0.478 e. The fraction of sp³-hybridized carbons (Fsp3) is 0.143. The number of amides is 2. The van der Waals surface area contributed by atoms with Crippen LogP contribution in [0.3, 0.4) is 0 Å². The number of benzene rings is 1. The number of allylic oxidation sites excluding steroid dienone is 2. The van der Waals surface area contributed by atoms with Crippen LogP contribution in [0.2, 0.25) is 0 Å². The number of nitrogens with one attached hydrogen (secondary N) is 1. The molecular weight excluding hydrogens is 333 g/mol. The summed E-state index contributed by atoms with van der Waals surface area (Å²) in [5.41, 5.74) is 8.80. The Morgan fingerprint density at radius 3 is 2.35 bits per heavy atom. The molecule has 1 radical (unpaired) electrons. The monoisotopic (exact) mass is 348 g/mol. The van der Waals surface area contributed by atoms with Crippen molar-refractivity contribution in [1.82, 2.24) is 4.90 Å². The third kappa shape index (κ3) is 7.21. The second kappa shape index (κ2) is 9.45. The van der Waals surface area contributed by atoms with Gasteiger partial charge in [0.15, 0.2) is 6.03 Å². The van der Waals surface area contributed by atoms with Gasteiger partial charge < -0.3 is 15.7 Å². The molecule has 0 unspecified atom stereocenters. The molecule has 0 atom stereocenters. The Labute approximate surface area is 143 Å². The molecule has 20 heavy (non-hydrogen) atoms. The molecule has 1 aromatic rings. The van der Waals surface area contributed by atoms with Gasteiger partial charge in [-0.3, -0.25) is 4.79 Å². The van der Waals surface area contributed by atoms with Gasteiger partial charge in [0.2, 0.25) is 0 Å². The van der Waals surface area contributed by atoms with E-state index < -0.39 is 12.0 Å². The summed E-state index contributed by atoms with van der Waals surface area (Å²) in [6.45, 7) is 0.394. The number of hydrogen-bond acceptors (Lipinski definition) is 2. The summed E-state index contributed by atoms with van der Waals surface area (Å²) in [5, 5.41) is 8.41. The van der Waals surface area contributed by atoms with E-state index in [1.165, 1.54) is 11.0 Å². The maximum atomic E-state index is 10.8. The first-order chi connectivity index (χ1) is 8.99. The molecule has 0 aliphatic carbocycles. The van der Waals surface area contributed by atoms with Crippen molar-refractivity contribution in [2.75, 3.05) is 7.05 Å². The van der Waals surface area contributed by atoms with Crippen LogP contribution in [0.5, 0.6) is 0 Å². The second-order valence-electron chi connectivity index (χ2n) is 3.96. The van der Waals surface area contributed by atoms with E-state index in [4.69, 9.17) is 10.8 Å². The van der Waals surface area contributed by atoms with Crippen LogP contribution in [0.1, 0.15) is 11.1 Å². The Morgan fingerprint density at radius 2 is 1.85 bits per heavy atom. The van der Waals surface area contributed by atoms with E-state index in [0.29, 0.717) is 6.54 Å². The summed E-state index contributed by atoms with van der Waals surface area (Å²) in [6, 6.07) is 6.73. The van der Waals surface area contributed by atoms with Gasteiger partial charge in [-0.05, 0) is 17.7 Å². The van der Waals surface area contributed by atoms with E-state index in [-0.39, 0.29) is 32.7 Å². The molecule has 0 fully saturated rings. The number of hydrogen-bond donors (Lipinski definition) is 1. The van der Waals surface area contributed by atoms with Crippen LogP contribution < -0.4 is 0 Å². The Hall–Kier alpha value is -1.46. The van der Waals surface area contributed by atoms with Crippen molar-refractivity contribution >= 4 is 18.1 Å². The van der Waals surface area contributed by atoms with Crippen LogP contribution in [-0.4, -0.2) is 29.1 Å². The first-order valence-corrected chi connectivity index (χ1v) is 5.62. The van der Waals surface area contributed by atoms with Gasteiger partial charge in [0.05, 0.1) is 0 Å². The fourth-order valence-electron chi connectivity index (χ4n) is 1.38. The zero-order chi connectivity index (χ0) is 14.3. The van der Waals surface area contributed by atoms with Crippen LogP contribution in [0.15, 0.2) is 42.5 Å². The van der Waals surface area contributed by atoms with Crippen molar-refractivity contribution in [2.45, 2.75) is 6.54 Å². The molecule has 0 saturated heterocycles. The van der Waals surface area contributed by atoms with E-state index in [1.807, 2.05) is 24.3 Å². The molecular formula is C14H15N2O3Y-. The third-order valence-corrected chi connectivity index (χ3v) is 2.38. The minimum Gasteiger partial charge on any atom is -0.478 e. The van der Waals surface area contributed by atoms with Crippen LogP contribution in [0, 0.1) is 0 Å². The van der Waals surface area contributed by atoms with Gasteiger partial charge in [-0.25, -0.2) is 4.79 Å². The van der Waals surface area contributed by atoms with Crippen molar-refractivity contribution < 1.29 is 47.4 Å². The Morgan fingerprint density at radius 1 is 1.25 bits per heavy atom. The molecule has 0 aromatic heterocycles. The molecule has 0 spiro atoms. The van der Waals surface area contributed by atoms with Crippen LogP contribution >= 0.6 is 0 Å². The number of aliphatic carboxylic acids is 1. The van der Waals surface area contributed by atoms with Gasteiger partial charge in [0.25, 0.3) is 0 Å². The minimum atomic E-state index is -0.983. The van der Waals surface area contributed by atoms with Gasteiger partial charge >= 0.3 is 5.97 Å². The first kappa shape index (κ1) is 18.5. The Bertz CT molecular complexity index is 510. The topological polar surface area (TPSA) is 81.4 Å². The number of rotatable bonds is 5. The van der Waals surface area contributed by atoms with Crippen molar-refractivity contribution in [3.63, 3.8) is 0 Å². The Kier molecular flexibility index (Phi) is 8.76. The van der Waals surface area contributed by atoms with Crippen molar-refractivity contribution in [3.05, 3.63) is 59.4 Å². The van der Waals surface area contributed by atoms with Gasteiger partial charge in [0, 0.05) is 38.8 Å². The van der Waals surface area contributed by atoms with Crippen molar-refractivity contribution in [3.8, 4) is 0 Å². The standard InChI is InChI=1S/C14H16N2O3.Y/c1-16(14(15)19)10-12-8-6-11(7-9-12)4-2-3-5-13(17)18;/h2-9H,10H2,1H3,(H3,15,17,18,19);/p-1/b4-2+,5-3+;. The molecule has 6 heteroatoms. The molecule has 2 amide bonds. The van der Waals surface area contributed by atoms with Crippen molar-refractivity contribution in [2.24, 2.45) is 0 Å². The second-order valence-corrected chi connectivity index (χ2v) is 3.96. The zero-order valence-electron chi connectivity index (χ0n) is 11.1. The molecule has 0 aliphatic rings. The van der Waals surface area contributed by atoms with Gasteiger partial charge in [-0.15, -0.1) is 0 Å². The average Bonchev–Trinajstić information content (AvgIpc) is 2.36. The third-order valence-electron chi connectivity index (χ3n) is 2.38. The summed E-state index contributed by atoms with van der Waals surface area (Å²) in [5.74, 6) is -0.983. The van der Waals surface area contributed by atoms with Crippen molar-refractivity contribution in [1.29, 1.82) is 0 Å². The first-order valence-electron chi connectivity index (χ1n) is 5.62.